The van der Waals surface area contributed by atoms with Gasteiger partial charge in [-0.2, -0.15) is 0 Å². The Kier molecular flexibility index (Phi) is 2.85. The van der Waals surface area contributed by atoms with Crippen molar-refractivity contribution in [1.82, 2.24) is 0 Å². The second kappa shape index (κ2) is 3.59. The van der Waals surface area contributed by atoms with Crippen LogP contribution in [0.25, 0.3) is 0 Å². The lowest BCUT2D eigenvalue weighted by Crippen LogP contribution is -2.03. The van der Waals surface area contributed by atoms with Crippen LogP contribution in [0.1, 0.15) is 0 Å². The van der Waals surface area contributed by atoms with Crippen molar-refractivity contribution in [3.05, 3.63) is 12.1 Å². The van der Waals surface area contributed by atoms with Gasteiger partial charge in [-0.1, -0.05) is 0 Å². The molecule has 1 aromatic rings. The Balaban J connectivity index is 3.67. The highest BCUT2D eigenvalue weighted by atomic mass is 32.2. The predicted octanol–water partition coefficient (Wildman–Crippen LogP) is -1.09. The van der Waals surface area contributed by atoms with Crippen molar-refractivity contribution in [1.29, 1.82) is 0 Å². The number of aromatic hydroxyl groups is 2. The first-order chi connectivity index (χ1) is 7.05. The van der Waals surface area contributed by atoms with Gasteiger partial charge < -0.3 is 19.3 Å². The maximum absolute atomic E-state index is 10.5. The van der Waals surface area contributed by atoms with Gasteiger partial charge in [0.05, 0.1) is 0 Å². The molecule has 0 spiro atoms. The molecule has 0 saturated heterocycles. The highest BCUT2D eigenvalue weighted by molar-refractivity contribution is 7.86. The van der Waals surface area contributed by atoms with Crippen molar-refractivity contribution in [2.75, 3.05) is 0 Å². The van der Waals surface area contributed by atoms with E-state index in [-0.39, 0.29) is 0 Å². The molecule has 0 atom stereocenters. The summed E-state index contributed by atoms with van der Waals surface area (Å²) in [5.41, 5.74) is 0. The summed E-state index contributed by atoms with van der Waals surface area (Å²) >= 11 is 0. The monoisotopic (exact) mass is 268 g/mol. The van der Waals surface area contributed by atoms with Crippen LogP contribution in [0.15, 0.2) is 21.9 Å². The summed E-state index contributed by atoms with van der Waals surface area (Å²) in [4.78, 5) is -2.42. The third-order valence-electron chi connectivity index (χ3n) is 1.62. The molecule has 0 radical (unpaired) electrons. The van der Waals surface area contributed by atoms with Gasteiger partial charge in [0, 0.05) is 0 Å². The molecule has 0 aliphatic carbocycles. The third-order valence-corrected chi connectivity index (χ3v) is 3.35. The predicted molar refractivity (Wildman–Crippen MR) is 45.7 cm³/mol. The Morgan fingerprint density at radius 3 is 1.25 bits per heavy atom. The number of phenolic OH excluding ortho intramolecular Hbond substituents is 2. The van der Waals surface area contributed by atoms with Crippen LogP contribution in [-0.2, 0) is 20.2 Å². The van der Waals surface area contributed by atoms with E-state index in [1.165, 1.54) is 0 Å². The lowest BCUT2D eigenvalue weighted by Gasteiger charge is -2.14. The minimum atomic E-state index is -5.08. The lowest BCUT2D eigenvalue weighted by atomic mass is 10.3. The highest BCUT2D eigenvalue weighted by Crippen LogP contribution is 2.37. The smallest absolute Gasteiger partial charge is 0.176 e. The Labute approximate surface area is 90.3 Å². The number of hydrogen-bond donors (Lipinski definition) is 2. The normalized spacial score (nSPS) is 12.6. The molecular formula is C6H4O8S2-2. The summed E-state index contributed by atoms with van der Waals surface area (Å²) in [5.74, 6) is -2.93. The van der Waals surface area contributed by atoms with E-state index in [0.29, 0.717) is 12.1 Å². The van der Waals surface area contributed by atoms with E-state index in [1.807, 2.05) is 0 Å². The van der Waals surface area contributed by atoms with Gasteiger partial charge in [-0.3, -0.25) is 0 Å². The maximum atomic E-state index is 10.5. The van der Waals surface area contributed by atoms with E-state index in [9.17, 15) is 25.9 Å². The van der Waals surface area contributed by atoms with Gasteiger partial charge in [0.1, 0.15) is 30.0 Å². The molecule has 90 valence electrons. The minimum Gasteiger partial charge on any atom is -0.744 e. The standard InChI is InChI=1S/C6H6O8S2/c7-5-3(15(9,10)11)1-2-4(6(5)8)16(12,13)14/h1-2,7-8H,(H,9,10,11)(H,12,13,14)/p-2. The largest absolute Gasteiger partial charge is 0.744 e. The van der Waals surface area contributed by atoms with Crippen LogP contribution in [0.2, 0.25) is 0 Å². The fourth-order valence-corrected chi connectivity index (χ4v) is 2.08. The summed E-state index contributed by atoms with van der Waals surface area (Å²) in [7, 11) is -10.2. The SMILES string of the molecule is O=S(=O)([O-])c1ccc(S(=O)(=O)[O-])c(O)c1O. The van der Waals surface area contributed by atoms with E-state index in [4.69, 9.17) is 10.2 Å². The van der Waals surface area contributed by atoms with Crippen LogP contribution in [0, 0.1) is 0 Å². The van der Waals surface area contributed by atoms with E-state index in [2.05, 4.69) is 0 Å². The van der Waals surface area contributed by atoms with Crippen molar-refractivity contribution in [2.24, 2.45) is 0 Å². The first-order valence-electron chi connectivity index (χ1n) is 3.52. The molecule has 0 aliphatic heterocycles. The first kappa shape index (κ1) is 12.7. The minimum absolute atomic E-state index is 0.419. The summed E-state index contributed by atoms with van der Waals surface area (Å²) in [6.45, 7) is 0. The molecule has 10 heteroatoms. The van der Waals surface area contributed by atoms with Crippen molar-refractivity contribution in [2.45, 2.75) is 9.79 Å². The van der Waals surface area contributed by atoms with Gasteiger partial charge in [-0.05, 0) is 12.1 Å². The van der Waals surface area contributed by atoms with E-state index < -0.39 is 41.5 Å². The summed E-state index contributed by atoms with van der Waals surface area (Å²) in [6, 6.07) is 0.838. The molecule has 0 heterocycles. The number of rotatable bonds is 2. The zero-order valence-electron chi connectivity index (χ0n) is 7.32. The fraction of sp³-hybridized carbons (Fsp3) is 0. The Bertz CT molecular complexity index is 570. The summed E-state index contributed by atoms with van der Waals surface area (Å²) in [5, 5.41) is 18.1. The Morgan fingerprint density at radius 1 is 0.812 bits per heavy atom. The molecule has 0 saturated carbocycles. The van der Waals surface area contributed by atoms with Crippen LogP contribution in [0.5, 0.6) is 11.5 Å². The van der Waals surface area contributed by atoms with Gasteiger partial charge >= 0.3 is 0 Å². The molecule has 0 amide bonds. The average Bonchev–Trinajstić information content (AvgIpc) is 2.05. The topological polar surface area (TPSA) is 155 Å². The van der Waals surface area contributed by atoms with Gasteiger partial charge in [0.15, 0.2) is 11.5 Å². The molecule has 2 N–H and O–H groups in total. The van der Waals surface area contributed by atoms with Crippen molar-refractivity contribution >= 4 is 20.2 Å². The van der Waals surface area contributed by atoms with Gasteiger partial charge in [0.25, 0.3) is 0 Å². The van der Waals surface area contributed by atoms with Crippen molar-refractivity contribution in [3.63, 3.8) is 0 Å². The van der Waals surface area contributed by atoms with Gasteiger partial charge in [-0.25, -0.2) is 16.8 Å². The molecule has 8 nitrogen and oxygen atoms in total. The third kappa shape index (κ3) is 2.24. The van der Waals surface area contributed by atoms with Crippen molar-refractivity contribution in [3.8, 4) is 11.5 Å². The molecule has 0 bridgehead atoms. The second-order valence-corrected chi connectivity index (χ2v) is 5.36. The summed E-state index contributed by atoms with van der Waals surface area (Å²) < 4.78 is 63.1. The zero-order chi connectivity index (χ0) is 12.7. The van der Waals surface area contributed by atoms with Gasteiger partial charge in [0.2, 0.25) is 0 Å². The van der Waals surface area contributed by atoms with E-state index >= 15 is 0 Å². The molecule has 0 unspecified atom stereocenters. The molecule has 1 rings (SSSR count). The van der Waals surface area contributed by atoms with Crippen molar-refractivity contribution < 1.29 is 36.2 Å². The number of phenols is 2. The lowest BCUT2D eigenvalue weighted by molar-refractivity contribution is 0.373. The van der Waals surface area contributed by atoms with E-state index in [0.717, 1.165) is 0 Å². The zero-order valence-corrected chi connectivity index (χ0v) is 8.95. The van der Waals surface area contributed by atoms with E-state index in [1.54, 1.807) is 0 Å². The van der Waals surface area contributed by atoms with Crippen LogP contribution in [0.4, 0.5) is 0 Å². The number of hydrogen-bond acceptors (Lipinski definition) is 8. The Morgan fingerprint density at radius 2 is 1.06 bits per heavy atom. The highest BCUT2D eigenvalue weighted by Gasteiger charge is 2.18. The summed E-state index contributed by atoms with van der Waals surface area (Å²) in [6.07, 6.45) is 0. The van der Waals surface area contributed by atoms with Crippen LogP contribution < -0.4 is 0 Å². The van der Waals surface area contributed by atoms with Crippen LogP contribution in [0.3, 0.4) is 0 Å². The molecule has 1 aromatic carbocycles. The average molecular weight is 268 g/mol. The Hall–Kier alpha value is -1.36. The molecular weight excluding hydrogens is 264 g/mol. The van der Waals surface area contributed by atoms with Crippen LogP contribution in [-0.4, -0.2) is 36.2 Å². The molecule has 16 heavy (non-hydrogen) atoms. The fourth-order valence-electron chi connectivity index (χ4n) is 0.946. The first-order valence-corrected chi connectivity index (χ1v) is 6.33. The molecule has 0 fully saturated rings. The number of benzene rings is 1. The molecule has 0 aliphatic rings. The maximum Gasteiger partial charge on any atom is 0.176 e. The van der Waals surface area contributed by atoms with Gasteiger partial charge in [-0.15, -0.1) is 0 Å². The van der Waals surface area contributed by atoms with Crippen LogP contribution >= 0.6 is 0 Å². The molecule has 0 aromatic heterocycles. The quantitative estimate of drug-likeness (QED) is 0.506. The second-order valence-electron chi connectivity index (χ2n) is 2.67.